The molecule has 214 valence electrons. The monoisotopic (exact) mass is 570 g/mol. The molecule has 0 spiro atoms. The zero-order chi connectivity index (χ0) is 30.0. The quantitative estimate of drug-likeness (QED) is 0.277. The number of benzene rings is 3. The Kier molecular flexibility index (Phi) is 7.74. The number of pyridine rings is 1. The van der Waals surface area contributed by atoms with Crippen molar-refractivity contribution in [1.82, 2.24) is 14.1 Å². The van der Waals surface area contributed by atoms with Crippen LogP contribution in [-0.2, 0) is 6.54 Å². The highest BCUT2D eigenvalue weighted by Crippen LogP contribution is 2.37. The van der Waals surface area contributed by atoms with Crippen molar-refractivity contribution in [3.63, 3.8) is 0 Å². The number of nitrogens with one attached hydrogen (secondary N) is 1. The Morgan fingerprint density at radius 2 is 1.64 bits per heavy atom. The van der Waals surface area contributed by atoms with Crippen LogP contribution < -0.4 is 30.8 Å². The third kappa shape index (κ3) is 5.31. The molecule has 0 aliphatic heterocycles. The number of aromatic nitrogens is 3. The fourth-order valence-corrected chi connectivity index (χ4v) is 4.50. The summed E-state index contributed by atoms with van der Waals surface area (Å²) in [4.78, 5) is 43.8. The van der Waals surface area contributed by atoms with E-state index >= 15 is 0 Å². The van der Waals surface area contributed by atoms with E-state index in [0.717, 1.165) is 22.1 Å². The van der Waals surface area contributed by atoms with Crippen LogP contribution in [0.1, 0.15) is 22.8 Å². The van der Waals surface area contributed by atoms with Gasteiger partial charge in [0.05, 0.1) is 25.4 Å². The van der Waals surface area contributed by atoms with Gasteiger partial charge < -0.3 is 19.5 Å². The predicted molar refractivity (Wildman–Crippen MR) is 156 cm³/mol. The van der Waals surface area contributed by atoms with E-state index in [1.165, 1.54) is 22.9 Å². The first-order valence-corrected chi connectivity index (χ1v) is 13.0. The average molecular weight is 571 g/mol. The van der Waals surface area contributed by atoms with Gasteiger partial charge in [0.15, 0.2) is 11.5 Å². The van der Waals surface area contributed by atoms with Crippen molar-refractivity contribution in [3.8, 4) is 28.7 Å². The number of carbonyl (C=O) groups excluding carboxylic acids is 1. The van der Waals surface area contributed by atoms with Gasteiger partial charge in [0.25, 0.3) is 11.5 Å². The molecule has 3 aromatic carbocycles. The summed E-state index contributed by atoms with van der Waals surface area (Å²) < 4.78 is 32.5. The number of amides is 1. The van der Waals surface area contributed by atoms with E-state index in [0.29, 0.717) is 39.8 Å². The van der Waals surface area contributed by atoms with Gasteiger partial charge in [-0.25, -0.2) is 13.8 Å². The number of hydrogen-bond donors (Lipinski definition) is 1. The molecular weight excluding hydrogens is 543 g/mol. The zero-order valence-corrected chi connectivity index (χ0v) is 23.3. The number of carbonyl (C=O) groups is 1. The summed E-state index contributed by atoms with van der Waals surface area (Å²) >= 11 is 0. The van der Waals surface area contributed by atoms with E-state index in [1.807, 2.05) is 6.92 Å². The maximum atomic E-state index is 13.5. The van der Waals surface area contributed by atoms with Crippen LogP contribution in [0.3, 0.4) is 0 Å². The second-order valence-corrected chi connectivity index (χ2v) is 9.30. The molecule has 0 aliphatic rings. The van der Waals surface area contributed by atoms with Gasteiger partial charge in [-0.15, -0.1) is 0 Å². The molecule has 0 fully saturated rings. The highest BCUT2D eigenvalue weighted by atomic mass is 19.1. The Hall–Kier alpha value is -5.45. The van der Waals surface area contributed by atoms with E-state index in [-0.39, 0.29) is 17.8 Å². The van der Waals surface area contributed by atoms with Gasteiger partial charge in [-0.2, -0.15) is 0 Å². The van der Waals surface area contributed by atoms with Crippen LogP contribution in [0.4, 0.5) is 10.1 Å². The van der Waals surface area contributed by atoms with Gasteiger partial charge in [-0.1, -0.05) is 0 Å². The first kappa shape index (κ1) is 28.1. The first-order chi connectivity index (χ1) is 20.2. The Labute approximate surface area is 239 Å². The normalized spacial score (nSPS) is 10.9. The smallest absolute Gasteiger partial charge is 0.335 e. The van der Waals surface area contributed by atoms with Gasteiger partial charge in [0.2, 0.25) is 0 Å². The third-order valence-electron chi connectivity index (χ3n) is 6.69. The zero-order valence-electron chi connectivity index (χ0n) is 23.3. The largest absolute Gasteiger partial charge is 0.493 e. The molecule has 5 aromatic rings. The molecule has 42 heavy (non-hydrogen) atoms. The van der Waals surface area contributed by atoms with Crippen molar-refractivity contribution in [3.05, 3.63) is 111 Å². The average Bonchev–Trinajstić information content (AvgIpc) is 2.99. The lowest BCUT2D eigenvalue weighted by Crippen LogP contribution is -2.42. The summed E-state index contributed by atoms with van der Waals surface area (Å²) in [6.45, 7) is 3.74. The highest BCUT2D eigenvalue weighted by molar-refractivity contribution is 6.04. The molecule has 1 N–H and O–H groups in total. The molecule has 11 heteroatoms. The minimum absolute atomic E-state index is 0.153. The van der Waals surface area contributed by atoms with Crippen LogP contribution in [-0.4, -0.2) is 34.2 Å². The molecule has 0 radical (unpaired) electrons. The SMILES string of the molecule is CCn1cc(C(=O)Nc2ccc(Oc3ccnc4cc(OC)c(OC)cc34)c(C)c2)c(=O)n(-c2ccc(F)cc2)c1=O. The summed E-state index contributed by atoms with van der Waals surface area (Å²) in [6.07, 6.45) is 2.85. The fourth-order valence-electron chi connectivity index (χ4n) is 4.50. The molecule has 1 amide bonds. The van der Waals surface area contributed by atoms with E-state index < -0.39 is 23.0 Å². The summed E-state index contributed by atoms with van der Waals surface area (Å²) in [5.74, 6) is 0.941. The number of rotatable bonds is 8. The van der Waals surface area contributed by atoms with Gasteiger partial charge >= 0.3 is 5.69 Å². The molecule has 0 saturated carbocycles. The molecule has 0 bridgehead atoms. The minimum atomic E-state index is -0.817. The van der Waals surface area contributed by atoms with Gasteiger partial charge in [0, 0.05) is 36.1 Å². The Bertz CT molecular complexity index is 1930. The molecule has 0 aliphatic carbocycles. The number of halogens is 1. The molecule has 2 heterocycles. The summed E-state index contributed by atoms with van der Waals surface area (Å²) in [7, 11) is 3.10. The maximum absolute atomic E-state index is 13.5. The Morgan fingerprint density at radius 3 is 2.31 bits per heavy atom. The second-order valence-electron chi connectivity index (χ2n) is 9.30. The van der Waals surface area contributed by atoms with Gasteiger partial charge in [-0.05, 0) is 74.0 Å². The van der Waals surface area contributed by atoms with Crippen molar-refractivity contribution in [2.75, 3.05) is 19.5 Å². The molecule has 0 saturated heterocycles. The van der Waals surface area contributed by atoms with Crippen LogP contribution in [0.25, 0.3) is 16.6 Å². The molecule has 0 unspecified atom stereocenters. The number of fused-ring (bicyclic) bond motifs is 1. The summed E-state index contributed by atoms with van der Waals surface area (Å²) in [6, 6.07) is 15.2. The number of ether oxygens (including phenoxy) is 3. The van der Waals surface area contributed by atoms with E-state index in [2.05, 4.69) is 10.3 Å². The number of methoxy groups -OCH3 is 2. The lowest BCUT2D eigenvalue weighted by molar-refractivity contribution is 0.102. The lowest BCUT2D eigenvalue weighted by Gasteiger charge is -2.15. The minimum Gasteiger partial charge on any atom is -0.493 e. The number of anilines is 1. The van der Waals surface area contributed by atoms with Gasteiger partial charge in [0.1, 0.15) is 22.9 Å². The topological polar surface area (TPSA) is 114 Å². The summed E-state index contributed by atoms with van der Waals surface area (Å²) in [5, 5.41) is 3.44. The lowest BCUT2D eigenvalue weighted by atomic mass is 10.1. The number of aryl methyl sites for hydroxylation is 2. The maximum Gasteiger partial charge on any atom is 0.335 e. The summed E-state index contributed by atoms with van der Waals surface area (Å²) in [5.41, 5.74) is 0.237. The van der Waals surface area contributed by atoms with Crippen molar-refractivity contribution >= 4 is 22.5 Å². The number of nitrogens with zero attached hydrogens (tertiary/aromatic N) is 3. The Balaban J connectivity index is 1.44. The van der Waals surface area contributed by atoms with Crippen LogP contribution in [0.15, 0.2) is 82.6 Å². The standard InChI is InChI=1S/C31H27FN4O6/c1-5-35-17-23(30(38)36(31(35)39)21-9-6-19(32)7-10-21)29(37)34-20-8-11-25(18(2)14-20)42-26-12-13-33-24-16-28(41-4)27(40-3)15-22(24)26/h6-17H,5H2,1-4H3,(H,34,37). The second kappa shape index (κ2) is 11.6. The Morgan fingerprint density at radius 1 is 0.929 bits per heavy atom. The van der Waals surface area contributed by atoms with E-state index in [9.17, 15) is 18.8 Å². The van der Waals surface area contributed by atoms with Crippen LogP contribution in [0.5, 0.6) is 23.0 Å². The number of hydrogen-bond acceptors (Lipinski definition) is 7. The molecule has 0 atom stereocenters. The van der Waals surface area contributed by atoms with Crippen molar-refractivity contribution < 1.29 is 23.4 Å². The van der Waals surface area contributed by atoms with Crippen LogP contribution in [0, 0.1) is 12.7 Å². The highest BCUT2D eigenvalue weighted by Gasteiger charge is 2.19. The first-order valence-electron chi connectivity index (χ1n) is 13.0. The van der Waals surface area contributed by atoms with Crippen molar-refractivity contribution in [2.45, 2.75) is 20.4 Å². The molecule has 5 rings (SSSR count). The van der Waals surface area contributed by atoms with Gasteiger partial charge in [-0.3, -0.25) is 19.1 Å². The van der Waals surface area contributed by atoms with Crippen molar-refractivity contribution in [2.24, 2.45) is 0 Å². The predicted octanol–water partition coefficient (Wildman–Crippen LogP) is 5.08. The van der Waals surface area contributed by atoms with Crippen LogP contribution in [0.2, 0.25) is 0 Å². The van der Waals surface area contributed by atoms with E-state index in [4.69, 9.17) is 14.2 Å². The molecule has 2 aromatic heterocycles. The molecular formula is C31H27FN4O6. The van der Waals surface area contributed by atoms with Crippen molar-refractivity contribution in [1.29, 1.82) is 0 Å². The third-order valence-corrected chi connectivity index (χ3v) is 6.69. The molecule has 10 nitrogen and oxygen atoms in total. The van der Waals surface area contributed by atoms with E-state index in [1.54, 1.807) is 63.7 Å². The fraction of sp³-hybridized carbons (Fsp3) is 0.161. The van der Waals surface area contributed by atoms with Crippen LogP contribution >= 0.6 is 0 Å².